The summed E-state index contributed by atoms with van der Waals surface area (Å²) in [4.78, 5) is 19.0. The van der Waals surface area contributed by atoms with Crippen molar-refractivity contribution < 1.29 is 32.5 Å². The molecule has 1 aromatic carbocycles. The van der Waals surface area contributed by atoms with Crippen molar-refractivity contribution in [3.8, 4) is 0 Å². The zero-order valence-electron chi connectivity index (χ0n) is 23.6. The minimum absolute atomic E-state index is 0.144. The number of ether oxygens (including phenoxy) is 1. The van der Waals surface area contributed by atoms with E-state index in [2.05, 4.69) is 20.1 Å². The first-order valence-corrected chi connectivity index (χ1v) is 15.3. The van der Waals surface area contributed by atoms with Gasteiger partial charge in [0.25, 0.3) is 6.43 Å². The van der Waals surface area contributed by atoms with Crippen LogP contribution in [0.1, 0.15) is 52.4 Å². The van der Waals surface area contributed by atoms with Crippen LogP contribution in [0.4, 0.5) is 14.6 Å². The van der Waals surface area contributed by atoms with Crippen LogP contribution in [0.2, 0.25) is 0 Å². The van der Waals surface area contributed by atoms with Crippen molar-refractivity contribution in [2.45, 2.75) is 50.1 Å². The lowest BCUT2D eigenvalue weighted by Crippen LogP contribution is -2.50. The Balaban J connectivity index is 1.39. The van der Waals surface area contributed by atoms with E-state index in [9.17, 15) is 27.8 Å². The maximum absolute atomic E-state index is 13.4. The Morgan fingerprint density at radius 2 is 2.00 bits per heavy atom. The number of morpholine rings is 1. The van der Waals surface area contributed by atoms with Crippen molar-refractivity contribution in [1.29, 1.82) is 0 Å². The SMILES string of the molecule is Cc1ccc(C(CC(=O)O)c2ccn3c(C(F)F)nnc3c2C)cc1CN1C[C@@H]2COCCN2c2ncccc2S1(O)O. The Bertz CT molecular complexity index is 1680. The average molecular weight is 615 g/mol. The molecule has 2 aliphatic rings. The van der Waals surface area contributed by atoms with E-state index in [-0.39, 0.29) is 24.7 Å². The molecule has 0 aliphatic carbocycles. The van der Waals surface area contributed by atoms with Crippen molar-refractivity contribution in [3.63, 3.8) is 0 Å². The van der Waals surface area contributed by atoms with Crippen LogP contribution in [0.3, 0.4) is 0 Å². The highest BCUT2D eigenvalue weighted by Gasteiger charge is 2.40. The molecule has 43 heavy (non-hydrogen) atoms. The van der Waals surface area contributed by atoms with Crippen LogP contribution in [0.25, 0.3) is 5.65 Å². The summed E-state index contributed by atoms with van der Waals surface area (Å²) in [6, 6.07) is 10.5. The lowest BCUT2D eigenvalue weighted by atomic mass is 9.85. The molecule has 5 heterocycles. The Morgan fingerprint density at radius 3 is 2.77 bits per heavy atom. The summed E-state index contributed by atoms with van der Waals surface area (Å²) >= 11 is 0. The van der Waals surface area contributed by atoms with Crippen molar-refractivity contribution in [1.82, 2.24) is 23.9 Å². The smallest absolute Gasteiger partial charge is 0.304 e. The van der Waals surface area contributed by atoms with E-state index in [1.54, 1.807) is 35.6 Å². The van der Waals surface area contributed by atoms with Crippen LogP contribution < -0.4 is 4.90 Å². The number of fused-ring (bicyclic) bond motifs is 4. The molecule has 0 bridgehead atoms. The van der Waals surface area contributed by atoms with E-state index >= 15 is 0 Å². The second kappa shape index (κ2) is 11.4. The number of aryl methyl sites for hydroxylation is 2. The van der Waals surface area contributed by atoms with Gasteiger partial charge in [0.1, 0.15) is 4.90 Å². The van der Waals surface area contributed by atoms with Gasteiger partial charge < -0.3 is 14.7 Å². The highest BCUT2D eigenvalue weighted by Crippen LogP contribution is 2.57. The summed E-state index contributed by atoms with van der Waals surface area (Å²) in [7, 11) is -3.43. The fraction of sp³-hybridized carbons (Fsp3) is 0.379. The Labute approximate surface area is 248 Å². The van der Waals surface area contributed by atoms with Gasteiger partial charge in [0.05, 0.1) is 25.7 Å². The van der Waals surface area contributed by atoms with E-state index in [4.69, 9.17) is 4.74 Å². The van der Waals surface area contributed by atoms with Crippen LogP contribution in [0.15, 0.2) is 53.7 Å². The number of aromatic nitrogens is 4. The van der Waals surface area contributed by atoms with Gasteiger partial charge in [-0.1, -0.05) is 18.2 Å². The second-order valence-corrected chi connectivity index (χ2v) is 12.9. The van der Waals surface area contributed by atoms with E-state index in [1.807, 2.05) is 25.1 Å². The predicted octanol–water partition coefficient (Wildman–Crippen LogP) is 5.03. The van der Waals surface area contributed by atoms with Crippen molar-refractivity contribution in [2.24, 2.45) is 0 Å². The van der Waals surface area contributed by atoms with E-state index in [0.29, 0.717) is 53.7 Å². The zero-order chi connectivity index (χ0) is 30.5. The molecule has 2 aliphatic heterocycles. The number of benzene rings is 1. The molecule has 1 unspecified atom stereocenters. The molecular formula is C29H32F2N6O5S. The summed E-state index contributed by atoms with van der Waals surface area (Å²) in [5, 5.41) is 17.4. The number of anilines is 1. The van der Waals surface area contributed by atoms with Gasteiger partial charge in [-0.2, -0.15) is 4.31 Å². The topological polar surface area (TPSA) is 137 Å². The van der Waals surface area contributed by atoms with Crippen molar-refractivity contribution >= 4 is 28.2 Å². The second-order valence-electron chi connectivity index (χ2n) is 10.9. The zero-order valence-corrected chi connectivity index (χ0v) is 24.4. The van der Waals surface area contributed by atoms with Crippen LogP contribution in [0, 0.1) is 13.8 Å². The third kappa shape index (κ3) is 5.33. The molecule has 0 amide bonds. The van der Waals surface area contributed by atoms with E-state index < -0.39 is 34.9 Å². The number of carboxylic acids is 1. The number of carbonyl (C=O) groups is 1. The molecule has 2 atom stereocenters. The van der Waals surface area contributed by atoms with Gasteiger partial charge in [-0.3, -0.25) is 18.3 Å². The number of aliphatic carboxylic acids is 1. The minimum atomic E-state index is -3.43. The number of alkyl halides is 2. The van der Waals surface area contributed by atoms with E-state index in [1.165, 1.54) is 10.6 Å². The van der Waals surface area contributed by atoms with Gasteiger partial charge >= 0.3 is 5.97 Å². The number of nitrogens with zero attached hydrogens (tertiary/aromatic N) is 6. The Kier molecular flexibility index (Phi) is 7.81. The predicted molar refractivity (Wildman–Crippen MR) is 156 cm³/mol. The van der Waals surface area contributed by atoms with Crippen LogP contribution >= 0.6 is 10.8 Å². The Morgan fingerprint density at radius 1 is 1.19 bits per heavy atom. The first-order valence-electron chi connectivity index (χ1n) is 13.8. The van der Waals surface area contributed by atoms with Crippen LogP contribution in [0.5, 0.6) is 0 Å². The summed E-state index contributed by atoms with van der Waals surface area (Å²) in [6.07, 6.45) is 0.0247. The standard InChI is InChI=1S/C29H32F2N6O5S/c1-17-5-6-19(23(13-25(38)39)22-7-9-37-27(18(22)2)33-34-29(37)26(30)31)12-20(17)14-35-15-21-16-42-11-10-36(21)28-24(43(35,40)41)4-3-8-32-28/h3-9,12,21,23,26,40-41H,10-11,13-16H2,1-2H3,(H,38,39)/t21-,23?/m1/s1. The molecule has 0 saturated carbocycles. The number of carboxylic acid groups (broad SMARTS) is 1. The number of hydrogen-bond donors (Lipinski definition) is 3. The lowest BCUT2D eigenvalue weighted by molar-refractivity contribution is -0.137. The number of pyridine rings is 2. The molecule has 14 heteroatoms. The van der Waals surface area contributed by atoms with Crippen molar-refractivity contribution in [3.05, 3.63) is 82.4 Å². The van der Waals surface area contributed by atoms with Gasteiger partial charge in [-0.25, -0.2) is 13.8 Å². The number of hydrogen-bond acceptors (Lipinski definition) is 9. The molecule has 1 fully saturated rings. The summed E-state index contributed by atoms with van der Waals surface area (Å²) < 4.78 is 58.7. The molecular weight excluding hydrogens is 582 g/mol. The molecule has 3 N–H and O–H groups in total. The molecule has 3 aromatic heterocycles. The molecule has 1 saturated heterocycles. The van der Waals surface area contributed by atoms with Gasteiger partial charge in [-0.05, 0) is 59.9 Å². The van der Waals surface area contributed by atoms with Gasteiger partial charge in [0, 0.05) is 37.9 Å². The van der Waals surface area contributed by atoms with Crippen LogP contribution in [-0.4, -0.2) is 76.4 Å². The average Bonchev–Trinajstić information content (AvgIpc) is 3.39. The minimum Gasteiger partial charge on any atom is -0.481 e. The van der Waals surface area contributed by atoms with Crippen molar-refractivity contribution in [2.75, 3.05) is 31.2 Å². The largest absolute Gasteiger partial charge is 0.481 e. The quantitative estimate of drug-likeness (QED) is 0.260. The van der Waals surface area contributed by atoms with Gasteiger partial charge in [0.15, 0.2) is 11.5 Å². The molecule has 228 valence electrons. The fourth-order valence-electron chi connectivity index (χ4n) is 6.02. The third-order valence-electron chi connectivity index (χ3n) is 8.29. The van der Waals surface area contributed by atoms with Gasteiger partial charge in [-0.15, -0.1) is 21.0 Å². The number of rotatable bonds is 7. The molecule has 0 radical (unpaired) electrons. The fourth-order valence-corrected chi connectivity index (χ4v) is 7.67. The number of halogens is 2. The first kappa shape index (κ1) is 29.4. The highest BCUT2D eigenvalue weighted by molar-refractivity contribution is 8.22. The summed E-state index contributed by atoms with van der Waals surface area (Å²) in [6.45, 7) is 5.64. The van der Waals surface area contributed by atoms with Gasteiger partial charge in [0.2, 0.25) is 5.82 Å². The summed E-state index contributed by atoms with van der Waals surface area (Å²) in [5.74, 6) is -1.58. The molecule has 11 nitrogen and oxygen atoms in total. The lowest BCUT2D eigenvalue weighted by Gasteiger charge is -2.42. The summed E-state index contributed by atoms with van der Waals surface area (Å²) in [5.41, 5.74) is 3.81. The normalized spacial score (nSPS) is 20.0. The monoisotopic (exact) mass is 614 g/mol. The van der Waals surface area contributed by atoms with E-state index in [0.717, 1.165) is 11.1 Å². The Hall–Kier alpha value is -3.69. The third-order valence-corrected chi connectivity index (χ3v) is 10.2. The first-order chi connectivity index (χ1) is 20.6. The molecule has 6 rings (SSSR count). The molecule has 4 aromatic rings. The molecule has 0 spiro atoms. The maximum atomic E-state index is 13.4. The maximum Gasteiger partial charge on any atom is 0.304 e. The van der Waals surface area contributed by atoms with Crippen LogP contribution in [-0.2, 0) is 16.1 Å². The highest BCUT2D eigenvalue weighted by atomic mass is 32.3.